The van der Waals surface area contributed by atoms with Crippen LogP contribution < -0.4 is 0 Å². The third-order valence-corrected chi connectivity index (χ3v) is 3.43. The van der Waals surface area contributed by atoms with Crippen LogP contribution in [0.2, 0.25) is 0 Å². The molecule has 0 aliphatic heterocycles. The summed E-state index contributed by atoms with van der Waals surface area (Å²) in [5.74, 6) is 0.565. The lowest BCUT2D eigenvalue weighted by molar-refractivity contribution is 0.650. The average Bonchev–Trinajstić information content (AvgIpc) is 3.25. The van der Waals surface area contributed by atoms with Gasteiger partial charge in [0, 0.05) is 0 Å². The van der Waals surface area contributed by atoms with Crippen molar-refractivity contribution in [3.05, 3.63) is 72.4 Å². The van der Waals surface area contributed by atoms with Crippen LogP contribution in [0.3, 0.4) is 0 Å². The van der Waals surface area contributed by atoms with Crippen LogP contribution in [0.15, 0.2) is 66.9 Å². The van der Waals surface area contributed by atoms with Crippen molar-refractivity contribution in [2.45, 2.75) is 6.54 Å². The van der Waals surface area contributed by atoms with E-state index in [0.29, 0.717) is 18.1 Å². The van der Waals surface area contributed by atoms with Crippen LogP contribution >= 0.6 is 0 Å². The molecule has 2 aromatic carbocycles. The molecule has 0 unspecified atom stereocenters. The van der Waals surface area contributed by atoms with Crippen LogP contribution in [0.4, 0.5) is 0 Å². The Labute approximate surface area is 132 Å². The van der Waals surface area contributed by atoms with E-state index in [9.17, 15) is 0 Å². The number of aromatic nitrogens is 7. The van der Waals surface area contributed by atoms with E-state index in [2.05, 4.69) is 38.0 Å². The van der Waals surface area contributed by atoms with Gasteiger partial charge in [0.2, 0.25) is 5.82 Å². The maximum absolute atomic E-state index is 4.19. The minimum Gasteiger partial charge on any atom is -0.247 e. The van der Waals surface area contributed by atoms with Gasteiger partial charge in [0.1, 0.15) is 0 Å². The fourth-order valence-electron chi connectivity index (χ4n) is 2.34. The fraction of sp³-hybridized carbons (Fsp3) is 0.0625. The van der Waals surface area contributed by atoms with Gasteiger partial charge >= 0.3 is 0 Å². The van der Waals surface area contributed by atoms with E-state index in [0.717, 1.165) is 11.3 Å². The normalized spacial score (nSPS) is 10.8. The molecule has 0 N–H and O–H groups in total. The highest BCUT2D eigenvalue weighted by molar-refractivity contribution is 5.50. The first-order chi connectivity index (χ1) is 11.4. The zero-order valence-corrected chi connectivity index (χ0v) is 12.2. The smallest absolute Gasteiger partial charge is 0.209 e. The van der Waals surface area contributed by atoms with Crippen molar-refractivity contribution < 1.29 is 0 Å². The quantitative estimate of drug-likeness (QED) is 0.576. The summed E-state index contributed by atoms with van der Waals surface area (Å²) >= 11 is 0. The first-order valence-corrected chi connectivity index (χ1v) is 7.18. The van der Waals surface area contributed by atoms with Gasteiger partial charge in [-0.15, -0.1) is 10.2 Å². The molecule has 7 nitrogen and oxygen atoms in total. The largest absolute Gasteiger partial charge is 0.247 e. The number of para-hydroxylation sites is 1. The predicted molar refractivity (Wildman–Crippen MR) is 83.7 cm³/mol. The van der Waals surface area contributed by atoms with Crippen LogP contribution in [0.5, 0.6) is 0 Å². The Morgan fingerprint density at radius 1 is 0.783 bits per heavy atom. The predicted octanol–water partition coefficient (Wildman–Crippen LogP) is 1.97. The van der Waals surface area contributed by atoms with E-state index < -0.39 is 0 Å². The molecule has 0 aliphatic rings. The van der Waals surface area contributed by atoms with Crippen molar-refractivity contribution in [3.63, 3.8) is 0 Å². The molecule has 0 radical (unpaired) electrons. The first kappa shape index (κ1) is 13.3. The van der Waals surface area contributed by atoms with Crippen molar-refractivity contribution in [2.75, 3.05) is 0 Å². The number of tetrazole rings is 1. The number of hydrogen-bond donors (Lipinski definition) is 0. The van der Waals surface area contributed by atoms with Crippen molar-refractivity contribution >= 4 is 0 Å². The third kappa shape index (κ3) is 2.71. The van der Waals surface area contributed by atoms with Crippen LogP contribution in [-0.4, -0.2) is 35.2 Å². The van der Waals surface area contributed by atoms with Crippen LogP contribution in [0.1, 0.15) is 5.56 Å². The maximum Gasteiger partial charge on any atom is 0.209 e. The average molecular weight is 303 g/mol. The van der Waals surface area contributed by atoms with E-state index in [1.54, 1.807) is 9.36 Å². The van der Waals surface area contributed by atoms with Gasteiger partial charge < -0.3 is 0 Å². The summed E-state index contributed by atoms with van der Waals surface area (Å²) in [4.78, 5) is 0. The molecule has 4 aromatic rings. The number of benzene rings is 2. The zero-order valence-electron chi connectivity index (χ0n) is 12.2. The monoisotopic (exact) mass is 303 g/mol. The second-order valence-corrected chi connectivity index (χ2v) is 5.04. The molecule has 4 rings (SSSR count). The molecule has 112 valence electrons. The molecule has 0 fully saturated rings. The van der Waals surface area contributed by atoms with E-state index in [-0.39, 0.29) is 0 Å². The Morgan fingerprint density at radius 2 is 1.52 bits per heavy atom. The molecule has 0 atom stereocenters. The van der Waals surface area contributed by atoms with Gasteiger partial charge in [0.05, 0.1) is 18.4 Å². The van der Waals surface area contributed by atoms with Crippen molar-refractivity contribution in [1.29, 1.82) is 0 Å². The summed E-state index contributed by atoms with van der Waals surface area (Å²) in [7, 11) is 0. The summed E-state index contributed by atoms with van der Waals surface area (Å²) in [5, 5.41) is 20.2. The summed E-state index contributed by atoms with van der Waals surface area (Å²) < 4.78 is 3.42. The lowest BCUT2D eigenvalue weighted by atomic mass is 10.2. The summed E-state index contributed by atoms with van der Waals surface area (Å²) in [6, 6.07) is 19.8. The Hall–Kier alpha value is -3.35. The van der Waals surface area contributed by atoms with Gasteiger partial charge in [-0.25, -0.2) is 4.68 Å². The molecule has 0 saturated heterocycles. The molecule has 23 heavy (non-hydrogen) atoms. The van der Waals surface area contributed by atoms with Gasteiger partial charge in [0.25, 0.3) is 0 Å². The van der Waals surface area contributed by atoms with Crippen molar-refractivity contribution in [2.24, 2.45) is 0 Å². The molecule has 0 spiro atoms. The standard InChI is InChI=1S/C16H13N7/c1-3-7-13(8-4-1)11-22-12-15(17-20-22)16-18-19-21-23(16)14-9-5-2-6-10-14/h1-10,12H,11H2. The number of hydrogen-bond acceptors (Lipinski definition) is 5. The van der Waals surface area contributed by atoms with E-state index in [1.807, 2.05) is 54.7 Å². The molecule has 2 heterocycles. The van der Waals surface area contributed by atoms with E-state index in [4.69, 9.17) is 0 Å². The Bertz CT molecular complexity index is 896. The second kappa shape index (κ2) is 5.80. The minimum atomic E-state index is 0.565. The highest BCUT2D eigenvalue weighted by Crippen LogP contribution is 2.16. The molecule has 0 amide bonds. The SMILES string of the molecule is c1ccc(Cn2cc(-c3nnnn3-c3ccccc3)nn2)cc1. The van der Waals surface area contributed by atoms with Crippen LogP contribution in [0.25, 0.3) is 17.2 Å². The van der Waals surface area contributed by atoms with Gasteiger partial charge in [-0.2, -0.15) is 4.68 Å². The molecule has 0 bridgehead atoms. The van der Waals surface area contributed by atoms with Gasteiger partial charge in [-0.1, -0.05) is 53.7 Å². The Morgan fingerprint density at radius 3 is 2.30 bits per heavy atom. The molecular weight excluding hydrogens is 290 g/mol. The maximum atomic E-state index is 4.19. The summed E-state index contributed by atoms with van der Waals surface area (Å²) in [6.45, 7) is 0.654. The van der Waals surface area contributed by atoms with E-state index in [1.165, 1.54) is 0 Å². The van der Waals surface area contributed by atoms with Gasteiger partial charge in [0.15, 0.2) is 5.69 Å². The third-order valence-electron chi connectivity index (χ3n) is 3.43. The number of rotatable bonds is 4. The Kier molecular flexibility index (Phi) is 3.36. The lowest BCUT2D eigenvalue weighted by Gasteiger charge is -2.01. The highest BCUT2D eigenvalue weighted by Gasteiger charge is 2.14. The lowest BCUT2D eigenvalue weighted by Crippen LogP contribution is -2.00. The van der Waals surface area contributed by atoms with Crippen molar-refractivity contribution in [3.8, 4) is 17.2 Å². The molecule has 2 aromatic heterocycles. The molecular formula is C16H13N7. The zero-order chi connectivity index (χ0) is 15.5. The molecule has 0 aliphatic carbocycles. The van der Waals surface area contributed by atoms with Crippen molar-refractivity contribution in [1.82, 2.24) is 35.2 Å². The highest BCUT2D eigenvalue weighted by atomic mass is 15.6. The van der Waals surface area contributed by atoms with Gasteiger partial charge in [-0.3, -0.25) is 0 Å². The number of nitrogens with zero attached hydrogens (tertiary/aromatic N) is 7. The summed E-state index contributed by atoms with van der Waals surface area (Å²) in [6.07, 6.45) is 1.85. The topological polar surface area (TPSA) is 74.3 Å². The van der Waals surface area contributed by atoms with Crippen LogP contribution in [-0.2, 0) is 6.54 Å². The van der Waals surface area contributed by atoms with Crippen LogP contribution in [0, 0.1) is 0 Å². The second-order valence-electron chi connectivity index (χ2n) is 5.04. The summed E-state index contributed by atoms with van der Waals surface area (Å²) in [5.41, 5.74) is 2.67. The molecule has 7 heteroatoms. The van der Waals surface area contributed by atoms with Gasteiger partial charge in [-0.05, 0) is 28.1 Å². The minimum absolute atomic E-state index is 0.565. The first-order valence-electron chi connectivity index (χ1n) is 7.18. The molecule has 0 saturated carbocycles. The Balaban J connectivity index is 1.64. The van der Waals surface area contributed by atoms with E-state index >= 15 is 0 Å². The fourth-order valence-corrected chi connectivity index (χ4v) is 2.34.